The van der Waals surface area contributed by atoms with E-state index in [2.05, 4.69) is 175 Å². The SMILES string of the molecule is c1ccc(-c2ccc(-c3ccc(N(c4ccc(-c5ccccc5)cc4)c4ccc5sc6ccccc6c5n4)cc3)cc2)cc1. The van der Waals surface area contributed by atoms with Crippen LogP contribution in [0.4, 0.5) is 17.2 Å². The van der Waals surface area contributed by atoms with Crippen LogP contribution in [-0.2, 0) is 0 Å². The number of pyridine rings is 1. The maximum atomic E-state index is 5.25. The average Bonchev–Trinajstić information content (AvgIpc) is 3.48. The smallest absolute Gasteiger partial charge is 0.138 e. The molecule has 0 aliphatic carbocycles. The molecule has 0 amide bonds. The number of anilines is 3. The molecular formula is C41H28N2S. The Bertz CT molecular complexity index is 2180. The van der Waals surface area contributed by atoms with Crippen molar-refractivity contribution in [2.75, 3.05) is 4.90 Å². The molecule has 0 bridgehead atoms. The van der Waals surface area contributed by atoms with Crippen molar-refractivity contribution < 1.29 is 0 Å². The highest BCUT2D eigenvalue weighted by Crippen LogP contribution is 2.39. The minimum atomic E-state index is 0.897. The maximum Gasteiger partial charge on any atom is 0.138 e. The second-order valence-electron chi connectivity index (χ2n) is 10.9. The Morgan fingerprint density at radius 1 is 0.364 bits per heavy atom. The molecule has 2 heterocycles. The van der Waals surface area contributed by atoms with Gasteiger partial charge in [0.15, 0.2) is 0 Å². The summed E-state index contributed by atoms with van der Waals surface area (Å²) < 4.78 is 2.46. The summed E-state index contributed by atoms with van der Waals surface area (Å²) in [5, 5.41) is 1.20. The fourth-order valence-corrected chi connectivity index (χ4v) is 6.89. The highest BCUT2D eigenvalue weighted by molar-refractivity contribution is 7.25. The lowest BCUT2D eigenvalue weighted by Gasteiger charge is -2.25. The number of rotatable bonds is 6. The molecule has 0 fully saturated rings. The third-order valence-electron chi connectivity index (χ3n) is 8.12. The Morgan fingerprint density at radius 3 is 1.32 bits per heavy atom. The van der Waals surface area contributed by atoms with Crippen LogP contribution in [0.2, 0.25) is 0 Å². The van der Waals surface area contributed by atoms with E-state index in [-0.39, 0.29) is 0 Å². The third kappa shape index (κ3) is 4.94. The van der Waals surface area contributed by atoms with E-state index in [1.54, 1.807) is 11.3 Å². The van der Waals surface area contributed by atoms with Crippen molar-refractivity contribution in [3.63, 3.8) is 0 Å². The van der Waals surface area contributed by atoms with Crippen LogP contribution in [0.25, 0.3) is 53.7 Å². The average molecular weight is 581 g/mol. The minimum Gasteiger partial charge on any atom is -0.295 e. The van der Waals surface area contributed by atoms with Gasteiger partial charge in [0.2, 0.25) is 0 Å². The molecule has 0 saturated carbocycles. The van der Waals surface area contributed by atoms with Crippen molar-refractivity contribution in [3.05, 3.63) is 170 Å². The van der Waals surface area contributed by atoms with Gasteiger partial charge in [-0.25, -0.2) is 4.98 Å². The molecule has 208 valence electrons. The van der Waals surface area contributed by atoms with Gasteiger partial charge in [0.05, 0.1) is 10.2 Å². The first kappa shape index (κ1) is 26.1. The Balaban J connectivity index is 1.18. The van der Waals surface area contributed by atoms with E-state index in [1.807, 2.05) is 0 Å². The van der Waals surface area contributed by atoms with Gasteiger partial charge in [-0.1, -0.05) is 127 Å². The van der Waals surface area contributed by atoms with E-state index in [9.17, 15) is 0 Å². The van der Waals surface area contributed by atoms with E-state index in [1.165, 1.54) is 48.2 Å². The van der Waals surface area contributed by atoms with Gasteiger partial charge in [0.1, 0.15) is 5.82 Å². The highest BCUT2D eigenvalue weighted by Gasteiger charge is 2.17. The molecule has 0 unspecified atom stereocenters. The molecule has 3 heteroatoms. The van der Waals surface area contributed by atoms with Crippen molar-refractivity contribution in [1.29, 1.82) is 0 Å². The van der Waals surface area contributed by atoms with Crippen LogP contribution < -0.4 is 4.90 Å². The van der Waals surface area contributed by atoms with Gasteiger partial charge in [-0.05, 0) is 75.8 Å². The summed E-state index contributed by atoms with van der Waals surface area (Å²) in [6, 6.07) is 60.3. The fraction of sp³-hybridized carbons (Fsp3) is 0. The fourth-order valence-electron chi connectivity index (χ4n) is 5.84. The molecule has 44 heavy (non-hydrogen) atoms. The van der Waals surface area contributed by atoms with Gasteiger partial charge in [0.25, 0.3) is 0 Å². The topological polar surface area (TPSA) is 16.1 Å². The predicted molar refractivity (Wildman–Crippen MR) is 188 cm³/mol. The first-order valence-electron chi connectivity index (χ1n) is 14.8. The standard InChI is InChI=1S/C41H28N2S/c1-3-9-29(10-4-1)31-15-17-32(18-16-31)34-21-25-36(26-22-34)43(35-23-19-33(20-24-35)30-11-5-2-6-12-30)40-28-27-39-41(42-40)37-13-7-8-14-38(37)44-39/h1-28H. The molecule has 0 atom stereocenters. The number of aromatic nitrogens is 1. The van der Waals surface area contributed by atoms with E-state index in [0.29, 0.717) is 0 Å². The van der Waals surface area contributed by atoms with E-state index in [4.69, 9.17) is 4.98 Å². The molecule has 0 saturated heterocycles. The second kappa shape index (κ2) is 11.3. The first-order chi connectivity index (χ1) is 21.8. The zero-order chi connectivity index (χ0) is 29.3. The van der Waals surface area contributed by atoms with Gasteiger partial charge in [-0.15, -0.1) is 11.3 Å². The molecular weight excluding hydrogens is 553 g/mol. The minimum absolute atomic E-state index is 0.897. The van der Waals surface area contributed by atoms with E-state index in [0.717, 1.165) is 22.7 Å². The largest absolute Gasteiger partial charge is 0.295 e. The van der Waals surface area contributed by atoms with Crippen LogP contribution >= 0.6 is 11.3 Å². The summed E-state index contributed by atoms with van der Waals surface area (Å²) in [4.78, 5) is 7.51. The molecule has 2 aromatic heterocycles. The Labute approximate surface area is 261 Å². The zero-order valence-electron chi connectivity index (χ0n) is 24.0. The Hall–Kier alpha value is -5.51. The van der Waals surface area contributed by atoms with Crippen molar-refractivity contribution in [2.24, 2.45) is 0 Å². The van der Waals surface area contributed by atoms with Gasteiger partial charge < -0.3 is 0 Å². The maximum absolute atomic E-state index is 5.25. The molecule has 0 spiro atoms. The molecule has 0 N–H and O–H groups in total. The number of nitrogens with zero attached hydrogens (tertiary/aromatic N) is 2. The van der Waals surface area contributed by atoms with Gasteiger partial charge in [0, 0.05) is 21.5 Å². The van der Waals surface area contributed by atoms with Crippen LogP contribution in [0.1, 0.15) is 0 Å². The number of thiophene rings is 1. The van der Waals surface area contributed by atoms with Crippen LogP contribution in [0.15, 0.2) is 170 Å². The molecule has 2 nitrogen and oxygen atoms in total. The lowest BCUT2D eigenvalue weighted by molar-refractivity contribution is 1.21. The van der Waals surface area contributed by atoms with Crippen molar-refractivity contribution in [2.45, 2.75) is 0 Å². The van der Waals surface area contributed by atoms with Crippen molar-refractivity contribution in [3.8, 4) is 33.4 Å². The van der Waals surface area contributed by atoms with Gasteiger partial charge in [-0.2, -0.15) is 0 Å². The number of benzene rings is 6. The predicted octanol–water partition coefficient (Wildman–Crippen LogP) is 11.9. The number of hydrogen-bond donors (Lipinski definition) is 0. The lowest BCUT2D eigenvalue weighted by Crippen LogP contribution is -2.11. The summed E-state index contributed by atoms with van der Waals surface area (Å²) in [7, 11) is 0. The van der Waals surface area contributed by atoms with Crippen molar-refractivity contribution >= 4 is 48.8 Å². The van der Waals surface area contributed by atoms with Crippen LogP contribution in [0.3, 0.4) is 0 Å². The van der Waals surface area contributed by atoms with Crippen LogP contribution in [0, 0.1) is 0 Å². The normalized spacial score (nSPS) is 11.2. The van der Waals surface area contributed by atoms with Gasteiger partial charge in [-0.3, -0.25) is 4.90 Å². The molecule has 0 aliphatic heterocycles. The number of hydrogen-bond acceptors (Lipinski definition) is 3. The molecule has 0 aliphatic rings. The Kier molecular flexibility index (Phi) is 6.71. The summed E-state index contributed by atoms with van der Waals surface area (Å²) in [6.45, 7) is 0. The molecule has 8 aromatic rings. The van der Waals surface area contributed by atoms with E-state index < -0.39 is 0 Å². The first-order valence-corrected chi connectivity index (χ1v) is 15.6. The molecule has 8 rings (SSSR count). The quantitative estimate of drug-likeness (QED) is 0.194. The van der Waals surface area contributed by atoms with Crippen LogP contribution in [-0.4, -0.2) is 4.98 Å². The molecule has 0 radical (unpaired) electrons. The summed E-state index contributed by atoms with van der Waals surface area (Å²) in [5.41, 5.74) is 10.4. The molecule has 6 aromatic carbocycles. The van der Waals surface area contributed by atoms with E-state index >= 15 is 0 Å². The summed E-state index contributed by atoms with van der Waals surface area (Å²) in [5.74, 6) is 0.897. The zero-order valence-corrected chi connectivity index (χ0v) is 24.8. The van der Waals surface area contributed by atoms with Gasteiger partial charge >= 0.3 is 0 Å². The Morgan fingerprint density at radius 2 is 0.795 bits per heavy atom. The van der Waals surface area contributed by atoms with Crippen molar-refractivity contribution in [1.82, 2.24) is 4.98 Å². The lowest BCUT2D eigenvalue weighted by atomic mass is 10.00. The third-order valence-corrected chi connectivity index (χ3v) is 9.24. The van der Waals surface area contributed by atoms with Crippen LogP contribution in [0.5, 0.6) is 0 Å². The highest BCUT2D eigenvalue weighted by atomic mass is 32.1. The second-order valence-corrected chi connectivity index (χ2v) is 11.9. The monoisotopic (exact) mass is 580 g/mol. The number of fused-ring (bicyclic) bond motifs is 3. The summed E-state index contributed by atoms with van der Waals surface area (Å²) in [6.07, 6.45) is 0. The summed E-state index contributed by atoms with van der Waals surface area (Å²) >= 11 is 1.79.